The lowest BCUT2D eigenvalue weighted by Crippen LogP contribution is -1.98. The van der Waals surface area contributed by atoms with Crippen LogP contribution in [0.25, 0.3) is 0 Å². The van der Waals surface area contributed by atoms with E-state index in [1.807, 2.05) is 24.3 Å². The molecule has 5 heteroatoms. The van der Waals surface area contributed by atoms with Gasteiger partial charge < -0.3 is 9.84 Å². The molecule has 0 saturated heterocycles. The number of aliphatic hydroxyl groups is 1. The van der Waals surface area contributed by atoms with E-state index in [0.717, 1.165) is 18.4 Å². The van der Waals surface area contributed by atoms with Crippen LogP contribution < -0.4 is 4.74 Å². The second-order valence-electron chi connectivity index (χ2n) is 4.41. The molecule has 0 radical (unpaired) electrons. The molecule has 2 rings (SSSR count). The minimum absolute atomic E-state index is 0.141. The molecular formula is C15H17ClN2O2. The molecule has 1 heterocycles. The van der Waals surface area contributed by atoms with E-state index in [1.165, 1.54) is 0 Å². The second-order valence-corrected chi connectivity index (χ2v) is 4.80. The number of aromatic nitrogens is 2. The Morgan fingerprint density at radius 1 is 1.15 bits per heavy atom. The summed E-state index contributed by atoms with van der Waals surface area (Å²) < 4.78 is 5.68. The van der Waals surface area contributed by atoms with Crippen molar-refractivity contribution < 1.29 is 9.84 Å². The van der Waals surface area contributed by atoms with Gasteiger partial charge >= 0.3 is 0 Å². The molecular weight excluding hydrogens is 276 g/mol. The van der Waals surface area contributed by atoms with E-state index >= 15 is 0 Å². The van der Waals surface area contributed by atoms with Crippen molar-refractivity contribution in [3.8, 4) is 11.6 Å². The summed E-state index contributed by atoms with van der Waals surface area (Å²) in [6, 6.07) is 9.13. The highest BCUT2D eigenvalue weighted by Crippen LogP contribution is 2.22. The molecule has 106 valence electrons. The number of hydrogen-bond acceptors (Lipinski definition) is 4. The largest absolute Gasteiger partial charge is 0.439 e. The molecule has 0 aliphatic heterocycles. The van der Waals surface area contributed by atoms with Gasteiger partial charge in [0.1, 0.15) is 16.7 Å². The Labute approximate surface area is 123 Å². The Hall–Kier alpha value is -1.65. The van der Waals surface area contributed by atoms with E-state index in [9.17, 15) is 0 Å². The van der Waals surface area contributed by atoms with Crippen molar-refractivity contribution in [2.75, 3.05) is 6.61 Å². The fraction of sp³-hybridized carbons (Fsp3) is 0.333. The summed E-state index contributed by atoms with van der Waals surface area (Å²) in [6.07, 6.45) is 2.36. The van der Waals surface area contributed by atoms with Crippen LogP contribution in [0.5, 0.6) is 11.6 Å². The lowest BCUT2D eigenvalue weighted by Gasteiger charge is -2.07. The molecule has 1 aromatic carbocycles. The molecule has 1 N–H and O–H groups in total. The fourth-order valence-electron chi connectivity index (χ4n) is 1.80. The van der Waals surface area contributed by atoms with E-state index in [0.29, 0.717) is 29.0 Å². The van der Waals surface area contributed by atoms with Crippen molar-refractivity contribution in [1.29, 1.82) is 0 Å². The Balaban J connectivity index is 2.12. The Kier molecular flexibility index (Phi) is 5.32. The lowest BCUT2D eigenvalue weighted by molar-refractivity contribution is 0.299. The Morgan fingerprint density at radius 2 is 1.90 bits per heavy atom. The second kappa shape index (κ2) is 7.22. The summed E-state index contributed by atoms with van der Waals surface area (Å²) in [5, 5.41) is 9.26. The van der Waals surface area contributed by atoms with Gasteiger partial charge in [0.25, 0.3) is 0 Å². The van der Waals surface area contributed by atoms with Crippen molar-refractivity contribution in [2.24, 2.45) is 0 Å². The molecule has 0 bridgehead atoms. The highest BCUT2D eigenvalue weighted by Gasteiger charge is 2.05. The number of benzene rings is 1. The Bertz CT molecular complexity index is 558. The molecule has 0 fully saturated rings. The van der Waals surface area contributed by atoms with E-state index < -0.39 is 0 Å². The van der Waals surface area contributed by atoms with Gasteiger partial charge in [-0.25, -0.2) is 4.98 Å². The van der Waals surface area contributed by atoms with E-state index in [1.54, 1.807) is 6.07 Å². The molecule has 20 heavy (non-hydrogen) atoms. The maximum Gasteiger partial charge on any atom is 0.224 e. The summed E-state index contributed by atoms with van der Waals surface area (Å²) in [7, 11) is 0. The monoisotopic (exact) mass is 292 g/mol. The van der Waals surface area contributed by atoms with Gasteiger partial charge in [-0.05, 0) is 30.5 Å². The number of nitrogens with zero attached hydrogens (tertiary/aromatic N) is 2. The first-order valence-electron chi connectivity index (χ1n) is 6.62. The van der Waals surface area contributed by atoms with Gasteiger partial charge in [0.05, 0.1) is 0 Å². The summed E-state index contributed by atoms with van der Waals surface area (Å²) in [6.45, 7) is 2.20. The summed E-state index contributed by atoms with van der Waals surface area (Å²) in [5.74, 6) is 1.82. The zero-order valence-electron chi connectivity index (χ0n) is 11.3. The summed E-state index contributed by atoms with van der Waals surface area (Å²) in [5.41, 5.74) is 1.06. The predicted molar refractivity (Wildman–Crippen MR) is 78.3 cm³/mol. The molecule has 0 unspecified atom stereocenters. The van der Waals surface area contributed by atoms with Crippen LogP contribution in [0.4, 0.5) is 0 Å². The van der Waals surface area contributed by atoms with Crippen LogP contribution in [0.1, 0.15) is 24.7 Å². The van der Waals surface area contributed by atoms with Gasteiger partial charge in [-0.2, -0.15) is 4.98 Å². The van der Waals surface area contributed by atoms with Gasteiger partial charge in [0.2, 0.25) is 5.88 Å². The molecule has 2 aromatic rings. The average molecular weight is 293 g/mol. The molecule has 0 amide bonds. The van der Waals surface area contributed by atoms with Gasteiger partial charge in [0, 0.05) is 19.1 Å². The average Bonchev–Trinajstić information content (AvgIpc) is 2.41. The fourth-order valence-corrected chi connectivity index (χ4v) is 1.99. The van der Waals surface area contributed by atoms with E-state index in [4.69, 9.17) is 21.4 Å². The molecule has 1 aromatic heterocycles. The first-order valence-corrected chi connectivity index (χ1v) is 7.00. The number of halogens is 1. The van der Waals surface area contributed by atoms with Gasteiger partial charge in [-0.3, -0.25) is 0 Å². The number of ether oxygens (including phenoxy) is 1. The van der Waals surface area contributed by atoms with Crippen molar-refractivity contribution in [1.82, 2.24) is 9.97 Å². The first-order chi connectivity index (χ1) is 9.71. The number of rotatable bonds is 6. The van der Waals surface area contributed by atoms with Crippen molar-refractivity contribution in [3.63, 3.8) is 0 Å². The highest BCUT2D eigenvalue weighted by atomic mass is 35.5. The zero-order chi connectivity index (χ0) is 14.4. The van der Waals surface area contributed by atoms with Gasteiger partial charge in [0.15, 0.2) is 0 Å². The maximum absolute atomic E-state index is 8.87. The lowest BCUT2D eigenvalue weighted by atomic mass is 10.1. The third-order valence-corrected chi connectivity index (χ3v) is 2.93. The molecule has 0 atom stereocenters. The molecule has 4 nitrogen and oxygen atoms in total. The SMILES string of the molecule is CCCc1nc(Cl)cc(Oc2ccc(CCO)cc2)n1. The highest BCUT2D eigenvalue weighted by molar-refractivity contribution is 6.29. The molecule has 0 saturated carbocycles. The van der Waals surface area contributed by atoms with Crippen LogP contribution in [0.2, 0.25) is 5.15 Å². The smallest absolute Gasteiger partial charge is 0.224 e. The number of hydrogen-bond donors (Lipinski definition) is 1. The zero-order valence-corrected chi connectivity index (χ0v) is 12.1. The quantitative estimate of drug-likeness (QED) is 0.829. The van der Waals surface area contributed by atoms with E-state index in [2.05, 4.69) is 16.9 Å². The standard InChI is InChI=1S/C15H17ClN2O2/c1-2-3-14-17-13(16)10-15(18-14)20-12-6-4-11(5-7-12)8-9-19/h4-7,10,19H,2-3,8-9H2,1H3. The summed E-state index contributed by atoms with van der Waals surface area (Å²) in [4.78, 5) is 8.47. The molecule has 0 aliphatic rings. The van der Waals surface area contributed by atoms with Crippen molar-refractivity contribution in [2.45, 2.75) is 26.2 Å². The number of aliphatic hydroxyl groups excluding tert-OH is 1. The predicted octanol–water partition coefficient (Wildman–Crippen LogP) is 3.41. The minimum atomic E-state index is 0.141. The topological polar surface area (TPSA) is 55.2 Å². The summed E-state index contributed by atoms with van der Waals surface area (Å²) >= 11 is 5.96. The van der Waals surface area contributed by atoms with Crippen LogP contribution in [-0.4, -0.2) is 21.7 Å². The van der Waals surface area contributed by atoms with Gasteiger partial charge in [-0.15, -0.1) is 0 Å². The molecule has 0 spiro atoms. The van der Waals surface area contributed by atoms with Crippen LogP contribution >= 0.6 is 11.6 Å². The van der Waals surface area contributed by atoms with Crippen LogP contribution in [0.3, 0.4) is 0 Å². The third-order valence-electron chi connectivity index (χ3n) is 2.74. The Morgan fingerprint density at radius 3 is 2.55 bits per heavy atom. The minimum Gasteiger partial charge on any atom is -0.439 e. The molecule has 0 aliphatic carbocycles. The van der Waals surface area contributed by atoms with Crippen molar-refractivity contribution in [3.05, 3.63) is 46.9 Å². The van der Waals surface area contributed by atoms with E-state index in [-0.39, 0.29) is 6.61 Å². The third kappa shape index (κ3) is 4.18. The van der Waals surface area contributed by atoms with Gasteiger partial charge in [-0.1, -0.05) is 30.7 Å². The van der Waals surface area contributed by atoms with Crippen LogP contribution in [-0.2, 0) is 12.8 Å². The first kappa shape index (κ1) is 14.8. The van der Waals surface area contributed by atoms with Crippen LogP contribution in [0.15, 0.2) is 30.3 Å². The maximum atomic E-state index is 8.87. The normalized spacial score (nSPS) is 10.6. The number of aryl methyl sites for hydroxylation is 1. The van der Waals surface area contributed by atoms with Crippen molar-refractivity contribution >= 4 is 11.6 Å². The van der Waals surface area contributed by atoms with Crippen LogP contribution in [0, 0.1) is 0 Å².